The number of aliphatic hydroxyl groups excluding tert-OH is 1. The van der Waals surface area contributed by atoms with Gasteiger partial charge in [-0.25, -0.2) is 4.79 Å². The number of hydrogen-bond acceptors (Lipinski definition) is 3. The number of benzene rings is 1. The van der Waals surface area contributed by atoms with Crippen LogP contribution in [0.3, 0.4) is 0 Å². The van der Waals surface area contributed by atoms with Crippen molar-refractivity contribution in [2.75, 3.05) is 13.6 Å². The minimum absolute atomic E-state index is 0.300. The van der Waals surface area contributed by atoms with Crippen LogP contribution < -0.4 is 0 Å². The Kier molecular flexibility index (Phi) is 6.69. The number of hydrogen-bond donors (Lipinski definition) is 1. The highest BCUT2D eigenvalue weighted by molar-refractivity contribution is 5.67. The molecule has 1 atom stereocenters. The van der Waals surface area contributed by atoms with Gasteiger partial charge in [0.25, 0.3) is 0 Å². The van der Waals surface area contributed by atoms with Crippen molar-refractivity contribution < 1.29 is 14.6 Å². The molecular formula is C17H27NO3. The van der Waals surface area contributed by atoms with Gasteiger partial charge in [-0.2, -0.15) is 0 Å². The molecule has 118 valence electrons. The van der Waals surface area contributed by atoms with Crippen molar-refractivity contribution in [3.05, 3.63) is 35.9 Å². The van der Waals surface area contributed by atoms with Crippen molar-refractivity contribution >= 4 is 6.09 Å². The number of amides is 1. The van der Waals surface area contributed by atoms with E-state index in [1.807, 2.05) is 51.1 Å². The predicted octanol–water partition coefficient (Wildman–Crippen LogP) is 3.76. The summed E-state index contributed by atoms with van der Waals surface area (Å²) < 4.78 is 5.28. The van der Waals surface area contributed by atoms with E-state index in [1.54, 1.807) is 11.9 Å². The molecule has 0 spiro atoms. The molecule has 0 aliphatic rings. The summed E-state index contributed by atoms with van der Waals surface area (Å²) in [6, 6.07) is 9.64. The lowest BCUT2D eigenvalue weighted by molar-refractivity contribution is 0.0295. The third kappa shape index (κ3) is 7.14. The number of carbonyl (C=O) groups is 1. The van der Waals surface area contributed by atoms with Crippen LogP contribution in [0.15, 0.2) is 30.3 Å². The van der Waals surface area contributed by atoms with Crippen molar-refractivity contribution in [3.63, 3.8) is 0 Å². The molecule has 0 radical (unpaired) electrons. The number of carbonyl (C=O) groups excluding carboxylic acids is 1. The summed E-state index contributed by atoms with van der Waals surface area (Å²) in [6.07, 6.45) is 1.68. The van der Waals surface area contributed by atoms with Crippen molar-refractivity contribution in [2.24, 2.45) is 0 Å². The Morgan fingerprint density at radius 3 is 2.43 bits per heavy atom. The van der Waals surface area contributed by atoms with E-state index >= 15 is 0 Å². The highest BCUT2D eigenvalue weighted by Crippen LogP contribution is 2.18. The van der Waals surface area contributed by atoms with Gasteiger partial charge in [0, 0.05) is 13.6 Å². The molecule has 0 aliphatic heterocycles. The summed E-state index contributed by atoms with van der Waals surface area (Å²) in [5.74, 6) is 0. The summed E-state index contributed by atoms with van der Waals surface area (Å²) in [6.45, 7) is 6.20. The summed E-state index contributed by atoms with van der Waals surface area (Å²) >= 11 is 0. The monoisotopic (exact) mass is 293 g/mol. The lowest BCUT2D eigenvalue weighted by Gasteiger charge is -2.24. The van der Waals surface area contributed by atoms with Gasteiger partial charge in [0.15, 0.2) is 0 Å². The first kappa shape index (κ1) is 17.5. The fraction of sp³-hybridized carbons (Fsp3) is 0.588. The van der Waals surface area contributed by atoms with Gasteiger partial charge < -0.3 is 14.7 Å². The van der Waals surface area contributed by atoms with E-state index in [0.717, 1.165) is 18.4 Å². The van der Waals surface area contributed by atoms with Crippen molar-refractivity contribution in [1.82, 2.24) is 4.90 Å². The van der Waals surface area contributed by atoms with Crippen LogP contribution in [0.2, 0.25) is 0 Å². The van der Waals surface area contributed by atoms with Gasteiger partial charge in [-0.1, -0.05) is 30.3 Å². The van der Waals surface area contributed by atoms with E-state index in [2.05, 4.69) is 0 Å². The first-order chi connectivity index (χ1) is 9.79. The van der Waals surface area contributed by atoms with Crippen LogP contribution in [0.1, 0.15) is 51.7 Å². The third-order valence-corrected chi connectivity index (χ3v) is 3.11. The number of nitrogens with zero attached hydrogens (tertiary/aromatic N) is 1. The zero-order valence-electron chi connectivity index (χ0n) is 13.5. The van der Waals surface area contributed by atoms with Crippen LogP contribution >= 0.6 is 0 Å². The zero-order chi connectivity index (χ0) is 15.9. The van der Waals surface area contributed by atoms with Gasteiger partial charge in [0.1, 0.15) is 5.60 Å². The number of aliphatic hydroxyl groups is 1. The molecule has 1 aromatic carbocycles. The Hall–Kier alpha value is -1.55. The standard InChI is InChI=1S/C17H27NO3/c1-17(2,3)21-16(20)18(4)13-9-8-12-15(19)14-10-6-5-7-11-14/h5-7,10-11,15,19H,8-9,12-13H2,1-4H3. The van der Waals surface area contributed by atoms with Gasteiger partial charge in [-0.3, -0.25) is 0 Å². The van der Waals surface area contributed by atoms with Crippen LogP contribution in [0, 0.1) is 0 Å². The molecule has 0 saturated heterocycles. The number of unbranched alkanes of at least 4 members (excludes halogenated alkanes) is 1. The normalized spacial score (nSPS) is 12.8. The van der Waals surface area contributed by atoms with Crippen LogP contribution in [0.4, 0.5) is 4.79 Å². The number of rotatable bonds is 6. The Bertz CT molecular complexity index is 425. The van der Waals surface area contributed by atoms with Gasteiger partial charge in [0.05, 0.1) is 6.10 Å². The highest BCUT2D eigenvalue weighted by Gasteiger charge is 2.19. The maximum absolute atomic E-state index is 11.8. The van der Waals surface area contributed by atoms with Crippen molar-refractivity contribution in [3.8, 4) is 0 Å². The SMILES string of the molecule is CN(CCCCC(O)c1ccccc1)C(=O)OC(C)(C)C. The lowest BCUT2D eigenvalue weighted by atomic mass is 10.0. The fourth-order valence-electron chi connectivity index (χ4n) is 1.96. The zero-order valence-corrected chi connectivity index (χ0v) is 13.5. The Labute approximate surface area is 127 Å². The van der Waals surface area contributed by atoms with Crippen LogP contribution in [-0.4, -0.2) is 35.3 Å². The molecule has 0 saturated carbocycles. The van der Waals surface area contributed by atoms with Crippen molar-refractivity contribution in [1.29, 1.82) is 0 Å². The summed E-state index contributed by atoms with van der Waals surface area (Å²) in [5, 5.41) is 10.0. The average molecular weight is 293 g/mol. The van der Waals surface area contributed by atoms with E-state index in [1.165, 1.54) is 0 Å². The van der Waals surface area contributed by atoms with Gasteiger partial charge in [-0.05, 0) is 45.6 Å². The molecule has 21 heavy (non-hydrogen) atoms. The molecule has 0 fully saturated rings. The highest BCUT2D eigenvalue weighted by atomic mass is 16.6. The van der Waals surface area contributed by atoms with E-state index in [-0.39, 0.29) is 6.09 Å². The largest absolute Gasteiger partial charge is 0.444 e. The second kappa shape index (κ2) is 8.03. The van der Waals surface area contributed by atoms with E-state index < -0.39 is 11.7 Å². The summed E-state index contributed by atoms with van der Waals surface area (Å²) in [5.41, 5.74) is 0.479. The summed E-state index contributed by atoms with van der Waals surface area (Å²) in [4.78, 5) is 13.3. The molecule has 4 nitrogen and oxygen atoms in total. The Morgan fingerprint density at radius 1 is 1.24 bits per heavy atom. The quantitative estimate of drug-likeness (QED) is 0.812. The van der Waals surface area contributed by atoms with Gasteiger partial charge in [0.2, 0.25) is 0 Å². The lowest BCUT2D eigenvalue weighted by Crippen LogP contribution is -2.34. The minimum atomic E-state index is -0.463. The minimum Gasteiger partial charge on any atom is -0.444 e. The second-order valence-corrected chi connectivity index (χ2v) is 6.32. The predicted molar refractivity (Wildman–Crippen MR) is 84.1 cm³/mol. The van der Waals surface area contributed by atoms with E-state index in [4.69, 9.17) is 4.74 Å². The topological polar surface area (TPSA) is 49.8 Å². The smallest absolute Gasteiger partial charge is 0.410 e. The van der Waals surface area contributed by atoms with Gasteiger partial charge in [-0.15, -0.1) is 0 Å². The molecule has 4 heteroatoms. The average Bonchev–Trinajstić information content (AvgIpc) is 2.42. The van der Waals surface area contributed by atoms with Crippen molar-refractivity contribution in [2.45, 2.75) is 51.7 Å². The Morgan fingerprint density at radius 2 is 1.86 bits per heavy atom. The fourth-order valence-corrected chi connectivity index (χ4v) is 1.96. The number of ether oxygens (including phenoxy) is 1. The molecule has 1 amide bonds. The maximum Gasteiger partial charge on any atom is 0.410 e. The second-order valence-electron chi connectivity index (χ2n) is 6.32. The summed E-state index contributed by atoms with van der Waals surface area (Å²) in [7, 11) is 1.74. The molecule has 1 aromatic rings. The van der Waals surface area contributed by atoms with E-state index in [0.29, 0.717) is 13.0 Å². The molecule has 1 unspecified atom stereocenters. The molecular weight excluding hydrogens is 266 g/mol. The van der Waals surface area contributed by atoms with Gasteiger partial charge >= 0.3 is 6.09 Å². The molecule has 1 N–H and O–H groups in total. The van der Waals surface area contributed by atoms with E-state index in [9.17, 15) is 9.90 Å². The van der Waals surface area contributed by atoms with Crippen LogP contribution in [0.25, 0.3) is 0 Å². The molecule has 1 rings (SSSR count). The molecule has 0 aliphatic carbocycles. The molecule has 0 bridgehead atoms. The molecule has 0 heterocycles. The van der Waals surface area contributed by atoms with Crippen LogP contribution in [-0.2, 0) is 4.74 Å². The first-order valence-electron chi connectivity index (χ1n) is 7.47. The first-order valence-corrected chi connectivity index (χ1v) is 7.47. The van der Waals surface area contributed by atoms with Crippen LogP contribution in [0.5, 0.6) is 0 Å². The Balaban J connectivity index is 2.23. The maximum atomic E-state index is 11.8. The molecule has 0 aromatic heterocycles. The third-order valence-electron chi connectivity index (χ3n) is 3.11.